The number of anilines is 1. The molecule has 4 nitrogen and oxygen atoms in total. The summed E-state index contributed by atoms with van der Waals surface area (Å²) in [6.45, 7) is 1.95. The molecule has 0 bridgehead atoms. The highest BCUT2D eigenvalue weighted by Gasteiger charge is 2.11. The summed E-state index contributed by atoms with van der Waals surface area (Å²) >= 11 is 1.40. The molecule has 0 atom stereocenters. The Morgan fingerprint density at radius 2 is 2.04 bits per heavy atom. The van der Waals surface area contributed by atoms with Gasteiger partial charge in [0.05, 0.1) is 18.5 Å². The molecule has 2 aromatic carbocycles. The average Bonchev–Trinajstić information content (AvgIpc) is 3.09. The molecule has 0 aliphatic rings. The maximum absolute atomic E-state index is 13.6. The van der Waals surface area contributed by atoms with Crippen LogP contribution in [0.2, 0.25) is 0 Å². The Kier molecular flexibility index (Phi) is 5.35. The molecule has 0 saturated carbocycles. The fraction of sp³-hybridized carbons (Fsp3) is 0.111. The third kappa shape index (κ3) is 4.19. The van der Waals surface area contributed by atoms with Crippen LogP contribution in [0.1, 0.15) is 12.5 Å². The molecule has 0 unspecified atom stereocenters. The van der Waals surface area contributed by atoms with Gasteiger partial charge in [0.2, 0.25) is 10.9 Å². The molecule has 1 aromatic heterocycles. The van der Waals surface area contributed by atoms with Crippen LogP contribution in [0.25, 0.3) is 11.3 Å². The third-order valence-electron chi connectivity index (χ3n) is 3.26. The average molecular weight is 359 g/mol. The van der Waals surface area contributed by atoms with Crippen LogP contribution in [-0.2, 0) is 0 Å². The van der Waals surface area contributed by atoms with E-state index < -0.39 is 11.6 Å². The second-order valence-electron chi connectivity index (χ2n) is 5.02. The minimum absolute atomic E-state index is 0.135. The second kappa shape index (κ2) is 7.85. The van der Waals surface area contributed by atoms with Gasteiger partial charge < -0.3 is 4.74 Å². The minimum atomic E-state index is -1.00. The number of benzene rings is 2. The zero-order valence-electron chi connectivity index (χ0n) is 13.4. The number of halogens is 2. The van der Waals surface area contributed by atoms with E-state index in [0.717, 1.165) is 17.3 Å². The summed E-state index contributed by atoms with van der Waals surface area (Å²) in [4.78, 5) is 4.43. The maximum Gasteiger partial charge on any atom is 0.203 e. The molecule has 1 N–H and O–H groups in total. The zero-order chi connectivity index (χ0) is 17.6. The Labute approximate surface area is 147 Å². The van der Waals surface area contributed by atoms with E-state index in [9.17, 15) is 8.78 Å². The smallest absolute Gasteiger partial charge is 0.203 e. The van der Waals surface area contributed by atoms with Crippen molar-refractivity contribution in [2.45, 2.75) is 6.92 Å². The molecule has 3 rings (SSSR count). The number of rotatable bonds is 6. The molecule has 3 aromatic rings. The van der Waals surface area contributed by atoms with E-state index in [1.807, 2.05) is 35.7 Å². The van der Waals surface area contributed by atoms with E-state index in [2.05, 4.69) is 15.5 Å². The molecule has 25 heavy (non-hydrogen) atoms. The summed E-state index contributed by atoms with van der Waals surface area (Å²) in [6, 6.07) is 12.2. The molecule has 0 saturated heterocycles. The van der Waals surface area contributed by atoms with E-state index in [1.54, 1.807) is 6.92 Å². The van der Waals surface area contributed by atoms with Crippen LogP contribution in [0, 0.1) is 11.6 Å². The summed E-state index contributed by atoms with van der Waals surface area (Å²) in [7, 11) is 0. The molecule has 0 aliphatic heterocycles. The summed E-state index contributed by atoms with van der Waals surface area (Å²) in [5, 5.41) is 6.53. The predicted octanol–water partition coefficient (Wildman–Crippen LogP) is 4.93. The van der Waals surface area contributed by atoms with Gasteiger partial charge >= 0.3 is 0 Å². The van der Waals surface area contributed by atoms with Gasteiger partial charge in [-0.15, -0.1) is 11.3 Å². The number of hydrogen-bond acceptors (Lipinski definition) is 5. The molecule has 0 amide bonds. The number of aromatic nitrogens is 1. The number of nitrogens with one attached hydrogen (secondary N) is 1. The van der Waals surface area contributed by atoms with Gasteiger partial charge in [-0.3, -0.25) is 5.43 Å². The van der Waals surface area contributed by atoms with Crippen LogP contribution >= 0.6 is 11.3 Å². The van der Waals surface area contributed by atoms with Crippen molar-refractivity contribution in [3.8, 4) is 17.0 Å². The predicted molar refractivity (Wildman–Crippen MR) is 96.3 cm³/mol. The number of nitrogens with zero attached hydrogens (tertiary/aromatic N) is 2. The molecule has 128 valence electrons. The SMILES string of the molecule is CCOc1cc(C=NNc2nc(-c3ccccc3)cs2)cc(F)c1F. The summed E-state index contributed by atoms with van der Waals surface area (Å²) < 4.78 is 32.2. The van der Waals surface area contributed by atoms with Gasteiger partial charge in [-0.05, 0) is 19.1 Å². The maximum atomic E-state index is 13.6. The van der Waals surface area contributed by atoms with Crippen LogP contribution in [0.5, 0.6) is 5.75 Å². The van der Waals surface area contributed by atoms with Gasteiger partial charge in [-0.2, -0.15) is 9.49 Å². The van der Waals surface area contributed by atoms with Gasteiger partial charge in [0.25, 0.3) is 0 Å². The van der Waals surface area contributed by atoms with Crippen molar-refractivity contribution in [1.82, 2.24) is 4.98 Å². The highest BCUT2D eigenvalue weighted by atomic mass is 32.1. The van der Waals surface area contributed by atoms with Crippen LogP contribution in [0.4, 0.5) is 13.9 Å². The lowest BCUT2D eigenvalue weighted by Crippen LogP contribution is -1.99. The van der Waals surface area contributed by atoms with E-state index in [4.69, 9.17) is 4.74 Å². The van der Waals surface area contributed by atoms with Gasteiger partial charge in [0.1, 0.15) is 0 Å². The van der Waals surface area contributed by atoms with Crippen LogP contribution in [-0.4, -0.2) is 17.8 Å². The largest absolute Gasteiger partial charge is 0.491 e. The van der Waals surface area contributed by atoms with Crippen molar-refractivity contribution in [2.24, 2.45) is 5.10 Å². The van der Waals surface area contributed by atoms with Crippen molar-refractivity contribution in [3.63, 3.8) is 0 Å². The van der Waals surface area contributed by atoms with Gasteiger partial charge in [0.15, 0.2) is 11.6 Å². The van der Waals surface area contributed by atoms with Crippen molar-refractivity contribution >= 4 is 22.7 Å². The minimum Gasteiger partial charge on any atom is -0.491 e. The first-order valence-electron chi connectivity index (χ1n) is 7.59. The molecule has 0 aliphatic carbocycles. The highest BCUT2D eigenvalue weighted by molar-refractivity contribution is 7.14. The number of hydrogen-bond donors (Lipinski definition) is 1. The van der Waals surface area contributed by atoms with Gasteiger partial charge in [0, 0.05) is 16.5 Å². The molecule has 0 radical (unpaired) electrons. The quantitative estimate of drug-likeness (QED) is 0.501. The molecular formula is C18H15F2N3OS. The lowest BCUT2D eigenvalue weighted by molar-refractivity contribution is 0.314. The van der Waals surface area contributed by atoms with E-state index >= 15 is 0 Å². The van der Waals surface area contributed by atoms with Crippen LogP contribution in [0.15, 0.2) is 52.9 Å². The second-order valence-corrected chi connectivity index (χ2v) is 5.88. The Balaban J connectivity index is 1.71. The molecular weight excluding hydrogens is 344 g/mol. The zero-order valence-corrected chi connectivity index (χ0v) is 14.2. The summed E-state index contributed by atoms with van der Waals surface area (Å²) in [5.41, 5.74) is 5.03. The normalized spacial score (nSPS) is 11.0. The first-order valence-corrected chi connectivity index (χ1v) is 8.47. The van der Waals surface area contributed by atoms with Crippen molar-refractivity contribution < 1.29 is 13.5 Å². The van der Waals surface area contributed by atoms with Crippen LogP contribution < -0.4 is 10.2 Å². The lowest BCUT2D eigenvalue weighted by Gasteiger charge is -2.06. The molecule has 7 heteroatoms. The van der Waals surface area contributed by atoms with Crippen LogP contribution in [0.3, 0.4) is 0 Å². The Morgan fingerprint density at radius 1 is 1.24 bits per heavy atom. The van der Waals surface area contributed by atoms with E-state index in [1.165, 1.54) is 23.6 Å². The number of thiazole rings is 1. The van der Waals surface area contributed by atoms with Crippen molar-refractivity contribution in [3.05, 3.63) is 65.0 Å². The first kappa shape index (κ1) is 17.0. The molecule has 0 fully saturated rings. The fourth-order valence-electron chi connectivity index (χ4n) is 2.15. The van der Waals surface area contributed by atoms with E-state index in [-0.39, 0.29) is 12.4 Å². The summed E-state index contributed by atoms with van der Waals surface area (Å²) in [5.74, 6) is -2.11. The number of hydrazone groups is 1. The first-order chi connectivity index (χ1) is 12.2. The third-order valence-corrected chi connectivity index (χ3v) is 4.01. The van der Waals surface area contributed by atoms with Gasteiger partial charge in [-0.1, -0.05) is 30.3 Å². The Morgan fingerprint density at radius 3 is 2.80 bits per heavy atom. The Bertz CT molecular complexity index is 881. The standard InChI is InChI=1S/C18H15F2N3OS/c1-2-24-16-9-12(8-14(19)17(16)20)10-21-23-18-22-15(11-25-18)13-6-4-3-5-7-13/h3-11H,2H2,1H3,(H,22,23). The lowest BCUT2D eigenvalue weighted by atomic mass is 10.2. The van der Waals surface area contributed by atoms with Crippen molar-refractivity contribution in [2.75, 3.05) is 12.0 Å². The van der Waals surface area contributed by atoms with E-state index in [0.29, 0.717) is 10.7 Å². The number of ether oxygens (including phenoxy) is 1. The molecule has 1 heterocycles. The topological polar surface area (TPSA) is 46.5 Å². The van der Waals surface area contributed by atoms with Gasteiger partial charge in [-0.25, -0.2) is 9.37 Å². The highest BCUT2D eigenvalue weighted by Crippen LogP contribution is 2.25. The molecule has 0 spiro atoms. The van der Waals surface area contributed by atoms with Crippen molar-refractivity contribution in [1.29, 1.82) is 0 Å². The fourth-order valence-corrected chi connectivity index (χ4v) is 2.82. The monoisotopic (exact) mass is 359 g/mol. The Hall–Kier alpha value is -2.80. The summed E-state index contributed by atoms with van der Waals surface area (Å²) in [6.07, 6.45) is 1.38.